The van der Waals surface area contributed by atoms with E-state index < -0.39 is 0 Å². The Morgan fingerprint density at radius 2 is 2.28 bits per heavy atom. The molecule has 18 heavy (non-hydrogen) atoms. The average molecular weight is 253 g/mol. The largest absolute Gasteiger partial charge is 0.493 e. The minimum Gasteiger partial charge on any atom is -0.493 e. The summed E-state index contributed by atoms with van der Waals surface area (Å²) >= 11 is 0. The van der Waals surface area contributed by atoms with Crippen LogP contribution in [0.4, 0.5) is 0 Å². The van der Waals surface area contributed by atoms with Gasteiger partial charge in [0.2, 0.25) is 0 Å². The molecule has 0 amide bonds. The van der Waals surface area contributed by atoms with Crippen LogP contribution in [0.15, 0.2) is 6.20 Å². The van der Waals surface area contributed by atoms with Crippen LogP contribution in [0.25, 0.3) is 0 Å². The van der Waals surface area contributed by atoms with Crippen molar-refractivity contribution < 1.29 is 9.47 Å². The number of nitrogens with zero attached hydrogens (tertiary/aromatic N) is 2. The maximum absolute atomic E-state index is 6.36. The molecule has 2 rings (SSSR count). The summed E-state index contributed by atoms with van der Waals surface area (Å²) in [6, 6.07) is 0.0868. The summed E-state index contributed by atoms with van der Waals surface area (Å²) in [5.41, 5.74) is 7.31. The highest BCUT2D eigenvalue weighted by Crippen LogP contribution is 2.31. The Balaban J connectivity index is 2.26. The van der Waals surface area contributed by atoms with Crippen LogP contribution in [0, 0.1) is 0 Å². The van der Waals surface area contributed by atoms with Crippen molar-refractivity contribution in [3.63, 3.8) is 0 Å². The predicted octanol–water partition coefficient (Wildman–Crippen LogP) is 2.04. The van der Waals surface area contributed by atoms with E-state index in [2.05, 4.69) is 18.9 Å². The van der Waals surface area contributed by atoms with E-state index in [1.54, 1.807) is 13.3 Å². The molecule has 2 atom stereocenters. The highest BCUT2D eigenvalue weighted by Gasteiger charge is 2.29. The molecule has 0 spiro atoms. The number of methoxy groups -OCH3 is 1. The smallest absolute Gasteiger partial charge is 0.161 e. The van der Waals surface area contributed by atoms with Crippen LogP contribution in [0.3, 0.4) is 0 Å². The highest BCUT2D eigenvalue weighted by atomic mass is 16.5. The minimum absolute atomic E-state index is 0.0712. The molecule has 1 aromatic heterocycles. The number of nitrogens with two attached hydrogens (primary N) is 1. The predicted molar refractivity (Wildman–Crippen MR) is 69.7 cm³/mol. The second-order valence-electron chi connectivity index (χ2n) is 5.07. The van der Waals surface area contributed by atoms with Gasteiger partial charge in [0.1, 0.15) is 5.69 Å². The molecule has 2 heterocycles. The third kappa shape index (κ3) is 2.52. The lowest BCUT2D eigenvalue weighted by molar-refractivity contribution is -0.00220. The van der Waals surface area contributed by atoms with Crippen LogP contribution in [0.1, 0.15) is 50.9 Å². The molecule has 1 aliphatic heterocycles. The van der Waals surface area contributed by atoms with Crippen LogP contribution >= 0.6 is 0 Å². The molecule has 1 saturated heterocycles. The van der Waals surface area contributed by atoms with E-state index >= 15 is 0 Å². The summed E-state index contributed by atoms with van der Waals surface area (Å²) in [5.74, 6) is 0.755. The van der Waals surface area contributed by atoms with Crippen molar-refractivity contribution in [1.29, 1.82) is 0 Å². The molecular weight excluding hydrogens is 230 g/mol. The van der Waals surface area contributed by atoms with E-state index in [0.717, 1.165) is 30.9 Å². The summed E-state index contributed by atoms with van der Waals surface area (Å²) in [7, 11) is 1.65. The van der Waals surface area contributed by atoms with Gasteiger partial charge in [0.25, 0.3) is 0 Å². The number of hydrogen-bond acceptors (Lipinski definition) is 4. The van der Waals surface area contributed by atoms with E-state index in [4.69, 9.17) is 15.2 Å². The topological polar surface area (TPSA) is 62.3 Å². The maximum Gasteiger partial charge on any atom is 0.161 e. The van der Waals surface area contributed by atoms with Crippen molar-refractivity contribution in [2.75, 3.05) is 13.7 Å². The van der Waals surface area contributed by atoms with Gasteiger partial charge in [-0.15, -0.1) is 0 Å². The molecule has 5 nitrogen and oxygen atoms in total. The third-order valence-electron chi connectivity index (χ3n) is 3.44. The van der Waals surface area contributed by atoms with Gasteiger partial charge in [-0.3, -0.25) is 4.68 Å². The minimum atomic E-state index is -0.176. The molecule has 0 bridgehead atoms. The molecule has 1 aromatic rings. The van der Waals surface area contributed by atoms with Gasteiger partial charge in [0.05, 0.1) is 25.5 Å². The van der Waals surface area contributed by atoms with Crippen LogP contribution in [-0.2, 0) is 4.74 Å². The van der Waals surface area contributed by atoms with Crippen LogP contribution in [0.2, 0.25) is 0 Å². The first-order chi connectivity index (χ1) is 8.65. The van der Waals surface area contributed by atoms with E-state index in [9.17, 15) is 0 Å². The Bertz CT molecular complexity index is 384. The van der Waals surface area contributed by atoms with Crippen molar-refractivity contribution in [1.82, 2.24) is 9.78 Å². The van der Waals surface area contributed by atoms with Crippen LogP contribution < -0.4 is 10.5 Å². The maximum atomic E-state index is 6.36. The number of aromatic nitrogens is 2. The zero-order valence-corrected chi connectivity index (χ0v) is 11.4. The van der Waals surface area contributed by atoms with E-state index in [-0.39, 0.29) is 18.2 Å². The quantitative estimate of drug-likeness (QED) is 0.892. The molecule has 2 N–H and O–H groups in total. The molecule has 102 valence electrons. The Morgan fingerprint density at radius 3 is 2.83 bits per heavy atom. The first kappa shape index (κ1) is 13.4. The summed E-state index contributed by atoms with van der Waals surface area (Å²) in [5, 5.41) is 4.36. The fraction of sp³-hybridized carbons (Fsp3) is 0.769. The fourth-order valence-electron chi connectivity index (χ4n) is 2.47. The molecule has 1 aliphatic rings. The molecule has 0 saturated carbocycles. The van der Waals surface area contributed by atoms with Crippen molar-refractivity contribution in [3.05, 3.63) is 11.9 Å². The van der Waals surface area contributed by atoms with Crippen molar-refractivity contribution in [3.8, 4) is 5.75 Å². The Hall–Kier alpha value is -1.07. The second kappa shape index (κ2) is 5.71. The van der Waals surface area contributed by atoms with Gasteiger partial charge in [0.15, 0.2) is 5.75 Å². The summed E-state index contributed by atoms with van der Waals surface area (Å²) in [4.78, 5) is 0. The Morgan fingerprint density at radius 1 is 1.50 bits per heavy atom. The summed E-state index contributed by atoms with van der Waals surface area (Å²) < 4.78 is 13.1. The van der Waals surface area contributed by atoms with Gasteiger partial charge in [-0.1, -0.05) is 0 Å². The monoisotopic (exact) mass is 253 g/mol. The van der Waals surface area contributed by atoms with Gasteiger partial charge >= 0.3 is 0 Å². The SMILES string of the molecule is COc1cnn(C(C)C)c1C(N)C1CCCCO1. The van der Waals surface area contributed by atoms with E-state index in [0.29, 0.717) is 0 Å². The Labute approximate surface area is 108 Å². The Kier molecular flexibility index (Phi) is 4.24. The molecule has 2 unspecified atom stereocenters. The van der Waals surface area contributed by atoms with Gasteiger partial charge in [-0.25, -0.2) is 0 Å². The molecule has 5 heteroatoms. The van der Waals surface area contributed by atoms with Gasteiger partial charge in [0, 0.05) is 12.6 Å². The molecular formula is C13H23N3O2. The van der Waals surface area contributed by atoms with Crippen molar-refractivity contribution >= 4 is 0 Å². The zero-order valence-electron chi connectivity index (χ0n) is 11.4. The van der Waals surface area contributed by atoms with E-state index in [1.807, 2.05) is 4.68 Å². The molecule has 0 radical (unpaired) electrons. The van der Waals surface area contributed by atoms with E-state index in [1.165, 1.54) is 6.42 Å². The summed E-state index contributed by atoms with van der Waals surface area (Å²) in [6.45, 7) is 4.98. The number of hydrogen-bond donors (Lipinski definition) is 1. The summed E-state index contributed by atoms with van der Waals surface area (Å²) in [6.07, 6.45) is 5.12. The lowest BCUT2D eigenvalue weighted by Gasteiger charge is -2.29. The van der Waals surface area contributed by atoms with Crippen LogP contribution in [0.5, 0.6) is 5.75 Å². The van der Waals surface area contributed by atoms with Crippen molar-refractivity contribution in [2.24, 2.45) is 5.73 Å². The molecule has 0 aliphatic carbocycles. The molecule has 0 aromatic carbocycles. The highest BCUT2D eigenvalue weighted by molar-refractivity contribution is 5.29. The van der Waals surface area contributed by atoms with Crippen molar-refractivity contribution in [2.45, 2.75) is 51.3 Å². The number of ether oxygens (including phenoxy) is 2. The first-order valence-electron chi connectivity index (χ1n) is 6.63. The number of rotatable bonds is 4. The molecule has 1 fully saturated rings. The second-order valence-corrected chi connectivity index (χ2v) is 5.07. The standard InChI is InChI=1S/C13H23N3O2/c1-9(2)16-13(11(17-3)8-15-16)12(14)10-6-4-5-7-18-10/h8-10,12H,4-7,14H2,1-3H3. The normalized spacial score (nSPS) is 22.2. The van der Waals surface area contributed by atoms with Crippen LogP contribution in [-0.4, -0.2) is 29.6 Å². The first-order valence-corrected chi connectivity index (χ1v) is 6.63. The third-order valence-corrected chi connectivity index (χ3v) is 3.44. The van der Waals surface area contributed by atoms with Gasteiger partial charge < -0.3 is 15.2 Å². The van der Waals surface area contributed by atoms with Gasteiger partial charge in [-0.05, 0) is 33.1 Å². The van der Waals surface area contributed by atoms with Gasteiger partial charge in [-0.2, -0.15) is 5.10 Å². The fourth-order valence-corrected chi connectivity index (χ4v) is 2.47. The lowest BCUT2D eigenvalue weighted by atomic mass is 9.99. The zero-order chi connectivity index (χ0) is 13.1. The lowest BCUT2D eigenvalue weighted by Crippen LogP contribution is -2.34. The average Bonchev–Trinajstić information content (AvgIpc) is 2.82.